The van der Waals surface area contributed by atoms with Gasteiger partial charge in [-0.25, -0.2) is 0 Å². The lowest BCUT2D eigenvalue weighted by atomic mass is 10.0. The number of para-hydroxylation sites is 1. The molecule has 4 nitrogen and oxygen atoms in total. The molecule has 0 unspecified atom stereocenters. The van der Waals surface area contributed by atoms with E-state index in [1.807, 2.05) is 31.2 Å². The second-order valence-corrected chi connectivity index (χ2v) is 5.35. The van der Waals surface area contributed by atoms with Gasteiger partial charge in [-0.3, -0.25) is 0 Å². The lowest BCUT2D eigenvalue weighted by molar-refractivity contribution is 0.0989. The molecule has 0 aromatic heterocycles. The van der Waals surface area contributed by atoms with Crippen molar-refractivity contribution in [1.29, 1.82) is 0 Å². The zero-order valence-electron chi connectivity index (χ0n) is 12.7. The molecule has 0 spiro atoms. The Morgan fingerprint density at radius 2 is 1.95 bits per heavy atom. The molecular weight excluding hydrogens is 254 g/mol. The van der Waals surface area contributed by atoms with Crippen LogP contribution in [0.5, 0.6) is 5.75 Å². The van der Waals surface area contributed by atoms with E-state index in [2.05, 4.69) is 19.2 Å². The number of benzene rings is 1. The molecule has 20 heavy (non-hydrogen) atoms. The number of ether oxygens (including phenoxy) is 1. The van der Waals surface area contributed by atoms with Crippen molar-refractivity contribution < 1.29 is 14.9 Å². The summed E-state index contributed by atoms with van der Waals surface area (Å²) in [5.74, 6) is 1.22. The van der Waals surface area contributed by atoms with Gasteiger partial charge >= 0.3 is 0 Å². The Morgan fingerprint density at radius 1 is 1.25 bits per heavy atom. The largest absolute Gasteiger partial charge is 0.491 e. The van der Waals surface area contributed by atoms with Crippen LogP contribution in [0.15, 0.2) is 24.3 Å². The lowest BCUT2D eigenvalue weighted by Crippen LogP contribution is -2.39. The van der Waals surface area contributed by atoms with Gasteiger partial charge in [0.2, 0.25) is 0 Å². The number of aliphatic hydroxyl groups excluding tert-OH is 2. The van der Waals surface area contributed by atoms with Crippen molar-refractivity contribution in [3.8, 4) is 5.75 Å². The van der Waals surface area contributed by atoms with Gasteiger partial charge in [0, 0.05) is 12.6 Å². The summed E-state index contributed by atoms with van der Waals surface area (Å²) >= 11 is 0. The fourth-order valence-corrected chi connectivity index (χ4v) is 1.97. The van der Waals surface area contributed by atoms with E-state index in [4.69, 9.17) is 9.84 Å². The van der Waals surface area contributed by atoms with Crippen LogP contribution in [0, 0.1) is 0 Å². The molecule has 0 aliphatic carbocycles. The summed E-state index contributed by atoms with van der Waals surface area (Å²) in [6, 6.07) is 7.94. The van der Waals surface area contributed by atoms with E-state index < -0.39 is 6.10 Å². The van der Waals surface area contributed by atoms with E-state index in [1.54, 1.807) is 0 Å². The molecule has 0 radical (unpaired) electrons. The third-order valence-electron chi connectivity index (χ3n) is 3.33. The maximum atomic E-state index is 9.91. The molecule has 0 bridgehead atoms. The Hall–Kier alpha value is -1.10. The summed E-state index contributed by atoms with van der Waals surface area (Å²) in [5, 5.41) is 22.1. The Bertz CT molecular complexity index is 378. The van der Waals surface area contributed by atoms with Crippen LogP contribution in [0.1, 0.15) is 38.7 Å². The summed E-state index contributed by atoms with van der Waals surface area (Å²) in [5.41, 5.74) is 1.15. The van der Waals surface area contributed by atoms with Crippen LogP contribution in [-0.4, -0.2) is 42.1 Å². The Labute approximate surface area is 121 Å². The summed E-state index contributed by atoms with van der Waals surface area (Å²) in [7, 11) is 0. The van der Waals surface area contributed by atoms with Crippen molar-refractivity contribution in [2.45, 2.75) is 45.3 Å². The minimum atomic E-state index is -0.587. The maximum Gasteiger partial charge on any atom is 0.122 e. The minimum absolute atomic E-state index is 0.0348. The van der Waals surface area contributed by atoms with Gasteiger partial charge < -0.3 is 20.3 Å². The smallest absolute Gasteiger partial charge is 0.122 e. The fraction of sp³-hybridized carbons (Fsp3) is 0.625. The molecule has 1 rings (SSSR count). The zero-order valence-corrected chi connectivity index (χ0v) is 12.7. The van der Waals surface area contributed by atoms with Crippen molar-refractivity contribution in [1.82, 2.24) is 5.32 Å². The standard InChI is InChI=1S/C16H27NO3/c1-4-13(10-18)17-9-14(19)11-20-16-8-6-5-7-15(16)12(2)3/h5-8,12-14,17-19H,4,9-11H2,1-3H3/t13-,14+/m0/s1. The molecule has 1 aromatic carbocycles. The third-order valence-corrected chi connectivity index (χ3v) is 3.33. The highest BCUT2D eigenvalue weighted by molar-refractivity contribution is 5.35. The van der Waals surface area contributed by atoms with E-state index in [0.29, 0.717) is 12.5 Å². The highest BCUT2D eigenvalue weighted by atomic mass is 16.5. The first-order valence-electron chi connectivity index (χ1n) is 7.32. The second-order valence-electron chi connectivity index (χ2n) is 5.35. The van der Waals surface area contributed by atoms with Crippen LogP contribution in [-0.2, 0) is 0 Å². The van der Waals surface area contributed by atoms with E-state index in [9.17, 15) is 5.11 Å². The maximum absolute atomic E-state index is 9.91. The number of rotatable bonds is 9. The van der Waals surface area contributed by atoms with E-state index in [1.165, 1.54) is 0 Å². The second kappa shape index (κ2) is 8.95. The first-order chi connectivity index (χ1) is 9.58. The molecule has 0 saturated carbocycles. The first-order valence-corrected chi connectivity index (χ1v) is 7.32. The van der Waals surface area contributed by atoms with E-state index in [-0.39, 0.29) is 19.3 Å². The van der Waals surface area contributed by atoms with Crippen LogP contribution in [0.3, 0.4) is 0 Å². The molecule has 4 heteroatoms. The van der Waals surface area contributed by atoms with Gasteiger partial charge in [-0.15, -0.1) is 0 Å². The molecule has 0 aliphatic heterocycles. The highest BCUT2D eigenvalue weighted by Gasteiger charge is 2.11. The van der Waals surface area contributed by atoms with Gasteiger partial charge in [0.15, 0.2) is 0 Å². The Balaban J connectivity index is 2.43. The topological polar surface area (TPSA) is 61.7 Å². The Morgan fingerprint density at radius 3 is 2.55 bits per heavy atom. The van der Waals surface area contributed by atoms with Crippen molar-refractivity contribution >= 4 is 0 Å². The van der Waals surface area contributed by atoms with Crippen molar-refractivity contribution in [3.05, 3.63) is 29.8 Å². The molecular formula is C16H27NO3. The van der Waals surface area contributed by atoms with Gasteiger partial charge in [0.25, 0.3) is 0 Å². The van der Waals surface area contributed by atoms with Crippen LogP contribution in [0.25, 0.3) is 0 Å². The predicted molar refractivity (Wildman–Crippen MR) is 81.2 cm³/mol. The zero-order chi connectivity index (χ0) is 15.0. The van der Waals surface area contributed by atoms with Crippen LogP contribution in [0.2, 0.25) is 0 Å². The molecule has 0 heterocycles. The molecule has 0 fully saturated rings. The monoisotopic (exact) mass is 281 g/mol. The molecule has 3 N–H and O–H groups in total. The van der Waals surface area contributed by atoms with E-state index in [0.717, 1.165) is 17.7 Å². The quantitative estimate of drug-likeness (QED) is 0.647. The van der Waals surface area contributed by atoms with Gasteiger partial charge in [-0.2, -0.15) is 0 Å². The SMILES string of the molecule is CC[C@@H](CO)NC[C@@H](O)COc1ccccc1C(C)C. The fourth-order valence-electron chi connectivity index (χ4n) is 1.97. The van der Waals surface area contributed by atoms with Crippen LogP contribution >= 0.6 is 0 Å². The van der Waals surface area contributed by atoms with Crippen molar-refractivity contribution in [2.75, 3.05) is 19.8 Å². The van der Waals surface area contributed by atoms with Crippen LogP contribution < -0.4 is 10.1 Å². The van der Waals surface area contributed by atoms with Gasteiger partial charge in [-0.1, -0.05) is 39.0 Å². The normalized spacial score (nSPS) is 14.3. The third kappa shape index (κ3) is 5.49. The molecule has 114 valence electrons. The van der Waals surface area contributed by atoms with Crippen LogP contribution in [0.4, 0.5) is 0 Å². The molecule has 1 aromatic rings. The van der Waals surface area contributed by atoms with Gasteiger partial charge in [-0.05, 0) is 24.0 Å². The molecule has 0 amide bonds. The average Bonchev–Trinajstić information content (AvgIpc) is 2.46. The van der Waals surface area contributed by atoms with Gasteiger partial charge in [0.05, 0.1) is 6.61 Å². The Kier molecular flexibility index (Phi) is 7.59. The number of hydrogen-bond donors (Lipinski definition) is 3. The minimum Gasteiger partial charge on any atom is -0.491 e. The van der Waals surface area contributed by atoms with Gasteiger partial charge in [0.1, 0.15) is 18.5 Å². The average molecular weight is 281 g/mol. The molecule has 0 aliphatic rings. The summed E-state index contributed by atoms with van der Waals surface area (Å²) in [6.45, 7) is 6.98. The summed E-state index contributed by atoms with van der Waals surface area (Å²) in [6.07, 6.45) is 0.246. The number of aliphatic hydroxyl groups is 2. The number of hydrogen-bond acceptors (Lipinski definition) is 4. The number of nitrogens with one attached hydrogen (secondary N) is 1. The molecule has 0 saturated heterocycles. The summed E-state index contributed by atoms with van der Waals surface area (Å²) < 4.78 is 5.71. The van der Waals surface area contributed by atoms with Crippen molar-refractivity contribution in [3.63, 3.8) is 0 Å². The van der Waals surface area contributed by atoms with E-state index >= 15 is 0 Å². The first kappa shape index (κ1) is 17.0. The summed E-state index contributed by atoms with van der Waals surface area (Å²) in [4.78, 5) is 0. The lowest BCUT2D eigenvalue weighted by Gasteiger charge is -2.19. The molecule has 2 atom stereocenters. The van der Waals surface area contributed by atoms with Crippen molar-refractivity contribution in [2.24, 2.45) is 0 Å². The highest BCUT2D eigenvalue weighted by Crippen LogP contribution is 2.25. The predicted octanol–water partition coefficient (Wildman–Crippen LogP) is 1.91.